The fourth-order valence-corrected chi connectivity index (χ4v) is 2.02. The predicted molar refractivity (Wildman–Crippen MR) is 88.6 cm³/mol. The number of nitrogen functional groups attached to an aromatic ring is 1. The van der Waals surface area contributed by atoms with E-state index in [2.05, 4.69) is 41.4 Å². The van der Waals surface area contributed by atoms with Crippen molar-refractivity contribution < 1.29 is 4.79 Å². The van der Waals surface area contributed by atoms with Gasteiger partial charge in [0.25, 0.3) is 0 Å². The molecule has 0 heterocycles. The minimum Gasteiger partial charge on any atom is -0.397 e. The number of carbonyl (C=O) groups is 1. The lowest BCUT2D eigenvalue weighted by molar-refractivity contribution is -0.116. The van der Waals surface area contributed by atoms with Crippen molar-refractivity contribution in [1.82, 2.24) is 0 Å². The molecule has 4 nitrogen and oxygen atoms in total. The molecular formula is C17H21N3O. The van der Waals surface area contributed by atoms with Crippen molar-refractivity contribution in [3.8, 4) is 0 Å². The summed E-state index contributed by atoms with van der Waals surface area (Å²) in [5.74, 6) is -0.0353. The highest BCUT2D eigenvalue weighted by Gasteiger charge is 2.07. The molecule has 0 bridgehead atoms. The summed E-state index contributed by atoms with van der Waals surface area (Å²) in [6.45, 7) is 2.71. The number of hydrogen-bond acceptors (Lipinski definition) is 3. The van der Waals surface area contributed by atoms with Gasteiger partial charge < -0.3 is 16.0 Å². The summed E-state index contributed by atoms with van der Waals surface area (Å²) in [5.41, 5.74) is 9.38. The van der Waals surface area contributed by atoms with E-state index >= 15 is 0 Å². The molecule has 2 aromatic carbocycles. The van der Waals surface area contributed by atoms with Crippen molar-refractivity contribution in [2.45, 2.75) is 13.3 Å². The number of anilines is 3. The molecule has 110 valence electrons. The number of nitrogens with two attached hydrogens (primary N) is 1. The van der Waals surface area contributed by atoms with E-state index in [0.29, 0.717) is 24.3 Å². The Hall–Kier alpha value is -2.49. The number of benzene rings is 2. The van der Waals surface area contributed by atoms with Crippen molar-refractivity contribution in [1.29, 1.82) is 0 Å². The Morgan fingerprint density at radius 1 is 1.14 bits per heavy atom. The van der Waals surface area contributed by atoms with Gasteiger partial charge in [-0.15, -0.1) is 0 Å². The van der Waals surface area contributed by atoms with Crippen LogP contribution in [0, 0.1) is 6.92 Å². The lowest BCUT2D eigenvalue weighted by Gasteiger charge is -2.19. The first-order chi connectivity index (χ1) is 10.1. The number of rotatable bonds is 5. The Labute approximate surface area is 125 Å². The van der Waals surface area contributed by atoms with Crippen LogP contribution in [-0.2, 0) is 4.79 Å². The van der Waals surface area contributed by atoms with Gasteiger partial charge in [0, 0.05) is 25.7 Å². The molecule has 0 radical (unpaired) electrons. The van der Waals surface area contributed by atoms with Gasteiger partial charge in [0.1, 0.15) is 0 Å². The first-order valence-electron chi connectivity index (χ1n) is 6.98. The van der Waals surface area contributed by atoms with Gasteiger partial charge >= 0.3 is 0 Å². The van der Waals surface area contributed by atoms with E-state index in [-0.39, 0.29) is 5.91 Å². The Morgan fingerprint density at radius 2 is 1.81 bits per heavy atom. The topological polar surface area (TPSA) is 58.4 Å². The molecule has 0 aliphatic carbocycles. The number of nitrogens with zero attached hydrogens (tertiary/aromatic N) is 1. The van der Waals surface area contributed by atoms with E-state index in [4.69, 9.17) is 5.73 Å². The number of aryl methyl sites for hydroxylation is 1. The summed E-state index contributed by atoms with van der Waals surface area (Å²) < 4.78 is 0. The summed E-state index contributed by atoms with van der Waals surface area (Å²) in [7, 11) is 1.98. The maximum absolute atomic E-state index is 12.0. The van der Waals surface area contributed by atoms with Gasteiger partial charge in [0.05, 0.1) is 11.4 Å². The molecule has 0 aliphatic rings. The minimum absolute atomic E-state index is 0.0353. The SMILES string of the molecule is Cc1ccc(N(C)CCC(=O)Nc2ccccc2N)cc1. The molecule has 21 heavy (non-hydrogen) atoms. The lowest BCUT2D eigenvalue weighted by atomic mass is 10.2. The average molecular weight is 283 g/mol. The zero-order valence-corrected chi connectivity index (χ0v) is 12.5. The zero-order valence-electron chi connectivity index (χ0n) is 12.5. The van der Waals surface area contributed by atoms with Crippen LogP contribution in [0.4, 0.5) is 17.1 Å². The van der Waals surface area contributed by atoms with E-state index in [1.54, 1.807) is 12.1 Å². The molecule has 0 unspecified atom stereocenters. The fraction of sp³-hybridized carbons (Fsp3) is 0.235. The molecule has 2 rings (SSSR count). The van der Waals surface area contributed by atoms with Crippen LogP contribution in [0.5, 0.6) is 0 Å². The first-order valence-corrected chi connectivity index (χ1v) is 6.98. The van der Waals surface area contributed by atoms with Crippen LogP contribution < -0.4 is 16.0 Å². The van der Waals surface area contributed by atoms with Gasteiger partial charge in [-0.2, -0.15) is 0 Å². The van der Waals surface area contributed by atoms with Gasteiger partial charge in [-0.05, 0) is 31.2 Å². The molecule has 0 spiro atoms. The molecule has 0 atom stereocenters. The third-order valence-corrected chi connectivity index (χ3v) is 3.38. The molecule has 0 aliphatic heterocycles. The Bertz CT molecular complexity index is 608. The third kappa shape index (κ3) is 4.24. The molecular weight excluding hydrogens is 262 g/mol. The van der Waals surface area contributed by atoms with Crippen LogP contribution in [-0.4, -0.2) is 19.5 Å². The molecule has 2 aromatic rings. The van der Waals surface area contributed by atoms with Gasteiger partial charge in [-0.25, -0.2) is 0 Å². The first kappa shape index (κ1) is 14.9. The second-order valence-electron chi connectivity index (χ2n) is 5.14. The predicted octanol–water partition coefficient (Wildman–Crippen LogP) is 3.04. The summed E-state index contributed by atoms with van der Waals surface area (Å²) in [6, 6.07) is 15.5. The molecule has 0 saturated heterocycles. The van der Waals surface area contributed by atoms with Crippen molar-refractivity contribution in [3.63, 3.8) is 0 Å². The van der Waals surface area contributed by atoms with E-state index in [1.807, 2.05) is 19.2 Å². The largest absolute Gasteiger partial charge is 0.397 e. The Balaban J connectivity index is 1.86. The zero-order chi connectivity index (χ0) is 15.2. The fourth-order valence-electron chi connectivity index (χ4n) is 2.02. The number of hydrogen-bond donors (Lipinski definition) is 2. The molecule has 0 saturated carbocycles. The van der Waals surface area contributed by atoms with E-state index in [0.717, 1.165) is 5.69 Å². The number of amides is 1. The monoisotopic (exact) mass is 283 g/mol. The van der Waals surface area contributed by atoms with Crippen molar-refractivity contribution in [2.75, 3.05) is 29.5 Å². The summed E-state index contributed by atoms with van der Waals surface area (Å²) in [4.78, 5) is 14.0. The molecule has 1 amide bonds. The summed E-state index contributed by atoms with van der Waals surface area (Å²) in [6.07, 6.45) is 0.415. The van der Waals surface area contributed by atoms with Crippen LogP contribution in [0.3, 0.4) is 0 Å². The highest BCUT2D eigenvalue weighted by molar-refractivity contribution is 5.94. The second kappa shape index (κ2) is 6.79. The molecule has 3 N–H and O–H groups in total. The standard InChI is InChI=1S/C17H21N3O/c1-13-7-9-14(10-8-13)20(2)12-11-17(21)19-16-6-4-3-5-15(16)18/h3-10H,11-12,18H2,1-2H3,(H,19,21). The van der Waals surface area contributed by atoms with E-state index in [9.17, 15) is 4.79 Å². The smallest absolute Gasteiger partial charge is 0.226 e. The van der Waals surface area contributed by atoms with Gasteiger partial charge in [-0.1, -0.05) is 29.8 Å². The van der Waals surface area contributed by atoms with Gasteiger partial charge in [-0.3, -0.25) is 4.79 Å². The van der Waals surface area contributed by atoms with Crippen LogP contribution in [0.1, 0.15) is 12.0 Å². The number of nitrogens with one attached hydrogen (secondary N) is 1. The van der Waals surface area contributed by atoms with Crippen LogP contribution >= 0.6 is 0 Å². The third-order valence-electron chi connectivity index (χ3n) is 3.38. The normalized spacial score (nSPS) is 10.2. The van der Waals surface area contributed by atoms with Crippen molar-refractivity contribution >= 4 is 23.0 Å². The van der Waals surface area contributed by atoms with Crippen molar-refractivity contribution in [2.24, 2.45) is 0 Å². The van der Waals surface area contributed by atoms with Gasteiger partial charge in [0.15, 0.2) is 0 Å². The Morgan fingerprint density at radius 3 is 2.48 bits per heavy atom. The van der Waals surface area contributed by atoms with Crippen LogP contribution in [0.15, 0.2) is 48.5 Å². The van der Waals surface area contributed by atoms with Crippen LogP contribution in [0.2, 0.25) is 0 Å². The highest BCUT2D eigenvalue weighted by atomic mass is 16.1. The highest BCUT2D eigenvalue weighted by Crippen LogP contribution is 2.17. The number of carbonyl (C=O) groups excluding carboxylic acids is 1. The molecule has 0 aromatic heterocycles. The summed E-state index contributed by atoms with van der Waals surface area (Å²) >= 11 is 0. The van der Waals surface area contributed by atoms with E-state index in [1.165, 1.54) is 5.56 Å². The second-order valence-corrected chi connectivity index (χ2v) is 5.14. The minimum atomic E-state index is -0.0353. The van der Waals surface area contributed by atoms with Crippen LogP contribution in [0.25, 0.3) is 0 Å². The van der Waals surface area contributed by atoms with E-state index < -0.39 is 0 Å². The maximum atomic E-state index is 12.0. The number of para-hydroxylation sites is 2. The average Bonchev–Trinajstić information content (AvgIpc) is 2.48. The Kier molecular flexibility index (Phi) is 4.82. The quantitative estimate of drug-likeness (QED) is 0.829. The molecule has 0 fully saturated rings. The molecule has 4 heteroatoms. The maximum Gasteiger partial charge on any atom is 0.226 e. The van der Waals surface area contributed by atoms with Crippen molar-refractivity contribution in [3.05, 3.63) is 54.1 Å². The lowest BCUT2D eigenvalue weighted by Crippen LogP contribution is -2.24. The van der Waals surface area contributed by atoms with Gasteiger partial charge in [0.2, 0.25) is 5.91 Å². The summed E-state index contributed by atoms with van der Waals surface area (Å²) in [5, 5.41) is 2.84.